The minimum absolute atomic E-state index is 1.01. The lowest BCUT2D eigenvalue weighted by atomic mass is 10.1. The van der Waals surface area contributed by atoms with E-state index in [9.17, 15) is 0 Å². The Balaban J connectivity index is 1.96. The highest BCUT2D eigenvalue weighted by molar-refractivity contribution is 5.61. The maximum Gasteiger partial charge on any atom is 0.131 e. The van der Waals surface area contributed by atoms with Crippen LogP contribution in [0.3, 0.4) is 0 Å². The lowest BCUT2D eigenvalue weighted by Crippen LogP contribution is -2.28. The van der Waals surface area contributed by atoms with Gasteiger partial charge >= 0.3 is 0 Å². The molecule has 1 aliphatic heterocycles. The lowest BCUT2D eigenvalue weighted by Gasteiger charge is -2.29. The normalized spacial score (nSPS) is 14.4. The zero-order chi connectivity index (χ0) is 13.9. The van der Waals surface area contributed by atoms with Crippen LogP contribution in [-0.2, 0) is 19.4 Å². The molecule has 20 heavy (non-hydrogen) atoms. The molecular weight excluding hydrogens is 248 g/mol. The molecule has 0 radical (unpaired) electrons. The van der Waals surface area contributed by atoms with Gasteiger partial charge in [0.15, 0.2) is 0 Å². The van der Waals surface area contributed by atoms with Crippen molar-refractivity contribution < 1.29 is 0 Å². The monoisotopic (exact) mass is 270 g/mol. The number of hydrogen-bond acceptors (Lipinski definition) is 3. The summed E-state index contributed by atoms with van der Waals surface area (Å²) in [4.78, 5) is 7.03. The average molecular weight is 270 g/mol. The maximum atomic E-state index is 4.70. The van der Waals surface area contributed by atoms with E-state index in [0.717, 1.165) is 38.8 Å². The fourth-order valence-corrected chi connectivity index (χ4v) is 2.92. The molecule has 0 aliphatic carbocycles. The van der Waals surface area contributed by atoms with Crippen LogP contribution in [0.15, 0.2) is 24.5 Å². The molecule has 0 N–H and O–H groups in total. The van der Waals surface area contributed by atoms with E-state index in [1.807, 2.05) is 12.4 Å². The third-order valence-corrected chi connectivity index (χ3v) is 3.95. The van der Waals surface area contributed by atoms with Crippen molar-refractivity contribution in [3.05, 3.63) is 35.8 Å². The number of hydrogen-bond donors (Lipinski definition) is 0. The summed E-state index contributed by atoms with van der Waals surface area (Å²) in [6, 6.07) is 4.39. The Morgan fingerprint density at radius 3 is 2.95 bits per heavy atom. The van der Waals surface area contributed by atoms with Crippen molar-refractivity contribution in [2.24, 2.45) is 0 Å². The van der Waals surface area contributed by atoms with Gasteiger partial charge < -0.3 is 4.90 Å². The Morgan fingerprint density at radius 2 is 2.15 bits per heavy atom. The molecule has 0 saturated carbocycles. The molecule has 0 unspecified atom stereocenters. The summed E-state index contributed by atoms with van der Waals surface area (Å²) in [6.07, 6.45) is 8.30. The van der Waals surface area contributed by atoms with Gasteiger partial charge in [0.2, 0.25) is 0 Å². The third kappa shape index (κ3) is 2.30. The molecular formula is C16H22N4. The predicted octanol–water partition coefficient (Wildman–Crippen LogP) is 3.33. The Hall–Kier alpha value is -1.84. The fraction of sp³-hybridized carbons (Fsp3) is 0.500. The van der Waals surface area contributed by atoms with Crippen molar-refractivity contribution in [1.29, 1.82) is 0 Å². The zero-order valence-corrected chi connectivity index (χ0v) is 12.3. The number of pyridine rings is 1. The van der Waals surface area contributed by atoms with Crippen LogP contribution in [0, 0.1) is 0 Å². The summed E-state index contributed by atoms with van der Waals surface area (Å²) in [5, 5.41) is 4.38. The summed E-state index contributed by atoms with van der Waals surface area (Å²) in [5.74, 6) is 1.18. The number of aryl methyl sites for hydroxylation is 3. The summed E-state index contributed by atoms with van der Waals surface area (Å²) >= 11 is 0. The van der Waals surface area contributed by atoms with Gasteiger partial charge in [0.1, 0.15) is 5.82 Å². The van der Waals surface area contributed by atoms with Crippen LogP contribution in [0.4, 0.5) is 11.5 Å². The second kappa shape index (κ2) is 5.65. The highest BCUT2D eigenvalue weighted by atomic mass is 15.4. The SMILES string of the molecule is CCCc1ncc(N2CCCn3nccc32)cc1CC. The van der Waals surface area contributed by atoms with Crippen molar-refractivity contribution >= 4 is 11.5 Å². The van der Waals surface area contributed by atoms with Crippen LogP contribution in [0.5, 0.6) is 0 Å². The van der Waals surface area contributed by atoms with E-state index >= 15 is 0 Å². The first-order chi connectivity index (χ1) is 9.83. The van der Waals surface area contributed by atoms with E-state index in [2.05, 4.69) is 40.7 Å². The van der Waals surface area contributed by atoms with E-state index in [1.54, 1.807) is 0 Å². The minimum Gasteiger partial charge on any atom is -0.325 e. The molecule has 2 aromatic heterocycles. The molecule has 0 fully saturated rings. The molecule has 3 heterocycles. The first kappa shape index (κ1) is 13.2. The summed E-state index contributed by atoms with van der Waals surface area (Å²) in [6.45, 7) is 6.48. The molecule has 0 amide bonds. The highest BCUT2D eigenvalue weighted by Crippen LogP contribution is 2.29. The molecule has 1 aliphatic rings. The molecule has 4 nitrogen and oxygen atoms in total. The maximum absolute atomic E-state index is 4.70. The van der Waals surface area contributed by atoms with Gasteiger partial charge in [-0.1, -0.05) is 20.3 Å². The number of anilines is 2. The smallest absolute Gasteiger partial charge is 0.131 e. The first-order valence-electron chi connectivity index (χ1n) is 7.60. The molecule has 0 saturated heterocycles. The third-order valence-electron chi connectivity index (χ3n) is 3.95. The Kier molecular flexibility index (Phi) is 3.72. The predicted molar refractivity (Wildman–Crippen MR) is 81.5 cm³/mol. The molecule has 106 valence electrons. The first-order valence-corrected chi connectivity index (χ1v) is 7.60. The van der Waals surface area contributed by atoms with Gasteiger partial charge in [0, 0.05) is 24.8 Å². The quantitative estimate of drug-likeness (QED) is 0.854. The van der Waals surface area contributed by atoms with Gasteiger partial charge in [-0.2, -0.15) is 5.10 Å². The van der Waals surface area contributed by atoms with Crippen LogP contribution >= 0.6 is 0 Å². The standard InChI is InChI=1S/C16H22N4/c1-3-6-15-13(4-2)11-14(12-17-15)19-9-5-10-20-16(19)7-8-18-20/h7-8,11-12H,3-6,9-10H2,1-2H3. The second-order valence-corrected chi connectivity index (χ2v) is 5.32. The van der Waals surface area contributed by atoms with Gasteiger partial charge in [0.05, 0.1) is 18.1 Å². The summed E-state index contributed by atoms with van der Waals surface area (Å²) < 4.78 is 2.08. The van der Waals surface area contributed by atoms with Crippen molar-refractivity contribution in [3.8, 4) is 0 Å². The van der Waals surface area contributed by atoms with Crippen molar-refractivity contribution in [2.45, 2.75) is 46.1 Å². The molecule has 0 atom stereocenters. The Bertz CT molecular complexity index is 588. The summed E-state index contributed by atoms with van der Waals surface area (Å²) in [5.41, 5.74) is 3.83. The van der Waals surface area contributed by atoms with Gasteiger partial charge in [-0.3, -0.25) is 4.98 Å². The van der Waals surface area contributed by atoms with E-state index in [0.29, 0.717) is 0 Å². The second-order valence-electron chi connectivity index (χ2n) is 5.32. The average Bonchev–Trinajstić information content (AvgIpc) is 2.96. The van der Waals surface area contributed by atoms with E-state index in [1.165, 1.54) is 22.8 Å². The van der Waals surface area contributed by atoms with E-state index < -0.39 is 0 Å². The van der Waals surface area contributed by atoms with Crippen molar-refractivity contribution in [2.75, 3.05) is 11.4 Å². The van der Waals surface area contributed by atoms with Crippen LogP contribution < -0.4 is 4.90 Å². The van der Waals surface area contributed by atoms with Gasteiger partial charge in [-0.15, -0.1) is 0 Å². The van der Waals surface area contributed by atoms with Gasteiger partial charge in [-0.05, 0) is 30.9 Å². The van der Waals surface area contributed by atoms with Gasteiger partial charge in [-0.25, -0.2) is 4.68 Å². The van der Waals surface area contributed by atoms with Crippen molar-refractivity contribution in [3.63, 3.8) is 0 Å². The summed E-state index contributed by atoms with van der Waals surface area (Å²) in [7, 11) is 0. The lowest BCUT2D eigenvalue weighted by molar-refractivity contribution is 0.541. The Morgan fingerprint density at radius 1 is 1.25 bits per heavy atom. The van der Waals surface area contributed by atoms with Crippen LogP contribution in [-0.4, -0.2) is 21.3 Å². The van der Waals surface area contributed by atoms with Crippen LogP contribution in [0.1, 0.15) is 37.9 Å². The number of rotatable bonds is 4. The fourth-order valence-electron chi connectivity index (χ4n) is 2.92. The Labute approximate surface area is 120 Å². The van der Waals surface area contributed by atoms with E-state index in [4.69, 9.17) is 4.98 Å². The molecule has 4 heteroatoms. The topological polar surface area (TPSA) is 34.0 Å². The largest absolute Gasteiger partial charge is 0.325 e. The number of nitrogens with zero attached hydrogens (tertiary/aromatic N) is 4. The molecule has 0 aromatic carbocycles. The number of fused-ring (bicyclic) bond motifs is 1. The van der Waals surface area contributed by atoms with Crippen molar-refractivity contribution in [1.82, 2.24) is 14.8 Å². The van der Waals surface area contributed by atoms with Crippen LogP contribution in [0.2, 0.25) is 0 Å². The minimum atomic E-state index is 1.01. The molecule has 0 bridgehead atoms. The van der Waals surface area contributed by atoms with Crippen LogP contribution in [0.25, 0.3) is 0 Å². The zero-order valence-electron chi connectivity index (χ0n) is 12.3. The van der Waals surface area contributed by atoms with Gasteiger partial charge in [0.25, 0.3) is 0 Å². The highest BCUT2D eigenvalue weighted by Gasteiger charge is 2.19. The molecule has 2 aromatic rings. The number of aromatic nitrogens is 3. The molecule has 0 spiro atoms. The van der Waals surface area contributed by atoms with E-state index in [-0.39, 0.29) is 0 Å². The molecule has 3 rings (SSSR count).